The predicted molar refractivity (Wildman–Crippen MR) is 62.5 cm³/mol. The maximum atomic E-state index is 10.4. The van der Waals surface area contributed by atoms with E-state index in [1.165, 1.54) is 12.4 Å². The summed E-state index contributed by atoms with van der Waals surface area (Å²) in [5.41, 5.74) is 0.977. The Kier molecular flexibility index (Phi) is 3.25. The fourth-order valence-corrected chi connectivity index (χ4v) is 1.28. The number of benzene rings is 1. The molecule has 1 heterocycles. The SMILES string of the molecule is O=[N+]([O-])c1cnc(NCc2ccccc2)nc1. The number of aromatic nitrogens is 2. The maximum Gasteiger partial charge on any atom is 0.305 e. The van der Waals surface area contributed by atoms with Crippen LogP contribution in [0.15, 0.2) is 42.7 Å². The van der Waals surface area contributed by atoms with E-state index in [9.17, 15) is 10.1 Å². The molecule has 1 aromatic heterocycles. The van der Waals surface area contributed by atoms with Gasteiger partial charge in [0.15, 0.2) is 0 Å². The highest BCUT2D eigenvalue weighted by Gasteiger charge is 2.05. The van der Waals surface area contributed by atoms with E-state index in [0.717, 1.165) is 5.56 Å². The van der Waals surface area contributed by atoms with Crippen molar-refractivity contribution >= 4 is 11.6 Å². The van der Waals surface area contributed by atoms with Crippen LogP contribution in [0.2, 0.25) is 0 Å². The molecule has 0 saturated carbocycles. The average molecular weight is 230 g/mol. The second kappa shape index (κ2) is 5.02. The molecule has 1 aromatic carbocycles. The zero-order valence-electron chi connectivity index (χ0n) is 8.91. The van der Waals surface area contributed by atoms with Crippen LogP contribution in [0.5, 0.6) is 0 Å². The van der Waals surface area contributed by atoms with Gasteiger partial charge in [-0.2, -0.15) is 0 Å². The van der Waals surface area contributed by atoms with Gasteiger partial charge in [-0.05, 0) is 5.56 Å². The van der Waals surface area contributed by atoms with Gasteiger partial charge in [-0.1, -0.05) is 30.3 Å². The Morgan fingerprint density at radius 2 is 1.82 bits per heavy atom. The number of hydrogen-bond donors (Lipinski definition) is 1. The van der Waals surface area contributed by atoms with E-state index in [0.29, 0.717) is 12.5 Å². The second-order valence-corrected chi connectivity index (χ2v) is 3.36. The Labute approximate surface area is 97.5 Å². The van der Waals surface area contributed by atoms with Crippen LogP contribution in [-0.4, -0.2) is 14.9 Å². The van der Waals surface area contributed by atoms with Crippen molar-refractivity contribution in [3.63, 3.8) is 0 Å². The zero-order valence-corrected chi connectivity index (χ0v) is 8.91. The minimum absolute atomic E-state index is 0.115. The summed E-state index contributed by atoms with van der Waals surface area (Å²) < 4.78 is 0. The van der Waals surface area contributed by atoms with Crippen LogP contribution in [0.4, 0.5) is 11.6 Å². The van der Waals surface area contributed by atoms with Gasteiger partial charge in [0, 0.05) is 6.54 Å². The van der Waals surface area contributed by atoms with E-state index >= 15 is 0 Å². The summed E-state index contributed by atoms with van der Waals surface area (Å²) in [6.07, 6.45) is 2.36. The molecule has 0 radical (unpaired) electrons. The van der Waals surface area contributed by atoms with Crippen molar-refractivity contribution in [2.24, 2.45) is 0 Å². The van der Waals surface area contributed by atoms with Crippen LogP contribution in [0.25, 0.3) is 0 Å². The molecule has 6 nitrogen and oxygen atoms in total. The largest absolute Gasteiger partial charge is 0.350 e. The molecule has 0 spiro atoms. The van der Waals surface area contributed by atoms with Crippen LogP contribution >= 0.6 is 0 Å². The van der Waals surface area contributed by atoms with Crippen molar-refractivity contribution in [2.75, 3.05) is 5.32 Å². The second-order valence-electron chi connectivity index (χ2n) is 3.36. The van der Waals surface area contributed by atoms with E-state index in [1.807, 2.05) is 30.3 Å². The van der Waals surface area contributed by atoms with Gasteiger partial charge in [0.1, 0.15) is 12.4 Å². The molecular formula is C11H10N4O2. The number of nitro groups is 1. The average Bonchev–Trinajstić information content (AvgIpc) is 2.38. The highest BCUT2D eigenvalue weighted by atomic mass is 16.6. The van der Waals surface area contributed by atoms with Crippen LogP contribution in [0.3, 0.4) is 0 Å². The van der Waals surface area contributed by atoms with Crippen molar-refractivity contribution < 1.29 is 4.92 Å². The molecule has 0 unspecified atom stereocenters. The van der Waals surface area contributed by atoms with Crippen molar-refractivity contribution in [3.8, 4) is 0 Å². The van der Waals surface area contributed by atoms with Gasteiger partial charge in [-0.3, -0.25) is 10.1 Å². The van der Waals surface area contributed by atoms with Gasteiger partial charge in [0.05, 0.1) is 4.92 Å². The third-order valence-electron chi connectivity index (χ3n) is 2.14. The van der Waals surface area contributed by atoms with Crippen LogP contribution in [0.1, 0.15) is 5.56 Å². The summed E-state index contributed by atoms with van der Waals surface area (Å²) in [5, 5.41) is 13.4. The molecule has 2 aromatic rings. The normalized spacial score (nSPS) is 9.88. The first kappa shape index (κ1) is 11.0. The lowest BCUT2D eigenvalue weighted by molar-refractivity contribution is -0.385. The molecule has 0 amide bonds. The fourth-order valence-electron chi connectivity index (χ4n) is 1.28. The quantitative estimate of drug-likeness (QED) is 0.641. The summed E-state index contributed by atoms with van der Waals surface area (Å²) in [6.45, 7) is 0.582. The predicted octanol–water partition coefficient (Wildman–Crippen LogP) is 2.00. The summed E-state index contributed by atoms with van der Waals surface area (Å²) in [7, 11) is 0. The maximum absolute atomic E-state index is 10.4. The third-order valence-corrected chi connectivity index (χ3v) is 2.14. The molecule has 1 N–H and O–H groups in total. The monoisotopic (exact) mass is 230 g/mol. The molecule has 0 saturated heterocycles. The van der Waals surface area contributed by atoms with Gasteiger partial charge in [0.25, 0.3) is 0 Å². The van der Waals surface area contributed by atoms with Crippen LogP contribution < -0.4 is 5.32 Å². The molecule has 17 heavy (non-hydrogen) atoms. The lowest BCUT2D eigenvalue weighted by atomic mass is 10.2. The first-order chi connectivity index (χ1) is 8.25. The summed E-state index contributed by atoms with van der Waals surface area (Å²) in [5.74, 6) is 0.374. The Morgan fingerprint density at radius 1 is 1.18 bits per heavy atom. The first-order valence-electron chi connectivity index (χ1n) is 5.00. The van der Waals surface area contributed by atoms with E-state index < -0.39 is 4.92 Å². The molecule has 6 heteroatoms. The molecule has 2 rings (SSSR count). The first-order valence-corrected chi connectivity index (χ1v) is 5.00. The smallest absolute Gasteiger partial charge is 0.305 e. The van der Waals surface area contributed by atoms with E-state index in [2.05, 4.69) is 15.3 Å². The van der Waals surface area contributed by atoms with E-state index in [4.69, 9.17) is 0 Å². The highest BCUT2D eigenvalue weighted by Crippen LogP contribution is 2.09. The van der Waals surface area contributed by atoms with Gasteiger partial charge >= 0.3 is 5.69 Å². The standard InChI is InChI=1S/C11H10N4O2/c16-15(17)10-7-13-11(14-8-10)12-6-9-4-2-1-3-5-9/h1-5,7-8H,6H2,(H,12,13,14). The topological polar surface area (TPSA) is 81.0 Å². The molecule has 0 aliphatic rings. The van der Waals surface area contributed by atoms with Crippen LogP contribution in [-0.2, 0) is 6.54 Å². The Balaban J connectivity index is 1.98. The highest BCUT2D eigenvalue weighted by molar-refractivity contribution is 5.31. The number of rotatable bonds is 4. The van der Waals surface area contributed by atoms with Gasteiger partial charge < -0.3 is 5.32 Å². The Morgan fingerprint density at radius 3 is 2.41 bits per heavy atom. The van der Waals surface area contributed by atoms with Gasteiger partial charge in [-0.15, -0.1) is 0 Å². The molecule has 0 atom stereocenters. The summed E-state index contributed by atoms with van der Waals surface area (Å²) in [4.78, 5) is 17.6. The molecule has 0 fully saturated rings. The van der Waals surface area contributed by atoms with Gasteiger partial charge in [0.2, 0.25) is 5.95 Å². The zero-order chi connectivity index (χ0) is 12.1. The number of hydrogen-bond acceptors (Lipinski definition) is 5. The molecule has 0 bridgehead atoms. The summed E-state index contributed by atoms with van der Waals surface area (Å²) >= 11 is 0. The van der Waals surface area contributed by atoms with Gasteiger partial charge in [-0.25, -0.2) is 9.97 Å². The third kappa shape index (κ3) is 2.97. The van der Waals surface area contributed by atoms with Crippen LogP contribution in [0, 0.1) is 10.1 Å². The number of nitrogens with one attached hydrogen (secondary N) is 1. The minimum Gasteiger partial charge on any atom is -0.350 e. The van der Waals surface area contributed by atoms with Crippen molar-refractivity contribution in [3.05, 3.63) is 58.4 Å². The van der Waals surface area contributed by atoms with E-state index in [1.54, 1.807) is 0 Å². The van der Waals surface area contributed by atoms with Crippen molar-refractivity contribution in [1.29, 1.82) is 0 Å². The van der Waals surface area contributed by atoms with Crippen molar-refractivity contribution in [2.45, 2.75) is 6.54 Å². The van der Waals surface area contributed by atoms with Crippen molar-refractivity contribution in [1.82, 2.24) is 9.97 Å². The number of anilines is 1. The molecule has 86 valence electrons. The Bertz CT molecular complexity index is 499. The molecule has 0 aliphatic heterocycles. The van der Waals surface area contributed by atoms with E-state index in [-0.39, 0.29) is 5.69 Å². The number of nitrogens with zero attached hydrogens (tertiary/aromatic N) is 3. The summed E-state index contributed by atoms with van der Waals surface area (Å²) in [6, 6.07) is 9.75. The molecule has 0 aliphatic carbocycles. The Hall–Kier alpha value is -2.50. The lowest BCUT2D eigenvalue weighted by Crippen LogP contribution is -2.03. The minimum atomic E-state index is -0.527. The lowest BCUT2D eigenvalue weighted by Gasteiger charge is -2.03. The fraction of sp³-hybridized carbons (Fsp3) is 0.0909. The molecular weight excluding hydrogens is 220 g/mol.